The summed E-state index contributed by atoms with van der Waals surface area (Å²) in [5, 5.41) is 18.1. The smallest absolute Gasteiger partial charge is 0.408 e. The Hall–Kier alpha value is -4.07. The minimum Gasteiger partial charge on any atom is -0.508 e. The number of hydrogen-bond donors (Lipinski definition) is 3. The molecule has 3 aromatic rings. The van der Waals surface area contributed by atoms with Crippen molar-refractivity contribution in [3.05, 3.63) is 72.3 Å². The van der Waals surface area contributed by atoms with Crippen molar-refractivity contribution < 1.29 is 24.2 Å². The van der Waals surface area contributed by atoms with E-state index in [0.29, 0.717) is 24.1 Å². The number of hydrogen-bond acceptors (Lipinski definition) is 5. The minimum absolute atomic E-state index is 0.0202. The molecule has 3 atom stereocenters. The van der Waals surface area contributed by atoms with Gasteiger partial charge in [0.05, 0.1) is 0 Å². The number of carbonyl (C=O) groups is 3. The molecule has 3 unspecified atom stereocenters. The first-order valence-corrected chi connectivity index (χ1v) is 14.2. The summed E-state index contributed by atoms with van der Waals surface area (Å²) in [5.74, 6) is -0.780. The molecule has 0 heterocycles. The average Bonchev–Trinajstić information content (AvgIpc) is 2.89. The number of amides is 3. The quantitative estimate of drug-likeness (QED) is 0.253. The molecule has 0 aliphatic rings. The Morgan fingerprint density at radius 3 is 2.22 bits per heavy atom. The zero-order valence-electron chi connectivity index (χ0n) is 25.1. The minimum atomic E-state index is -1.08. The molecule has 3 aromatic carbocycles. The third-order valence-corrected chi connectivity index (χ3v) is 6.75. The Kier molecular flexibility index (Phi) is 10.4. The van der Waals surface area contributed by atoms with Crippen LogP contribution in [0.25, 0.3) is 10.8 Å². The van der Waals surface area contributed by atoms with Crippen molar-refractivity contribution >= 4 is 34.4 Å². The molecule has 3 amide bonds. The summed E-state index contributed by atoms with van der Waals surface area (Å²) in [6, 6.07) is 17.5. The predicted molar refractivity (Wildman–Crippen MR) is 163 cm³/mol. The van der Waals surface area contributed by atoms with Crippen molar-refractivity contribution in [2.45, 2.75) is 85.0 Å². The van der Waals surface area contributed by atoms with Crippen LogP contribution < -0.4 is 10.6 Å². The molecule has 0 radical (unpaired) electrons. The van der Waals surface area contributed by atoms with Gasteiger partial charge in [0.2, 0.25) is 5.91 Å². The molecule has 0 spiro atoms. The number of anilines is 1. The molecular weight excluding hydrogens is 518 g/mol. The number of fused-ring (bicyclic) bond motifs is 1. The monoisotopic (exact) mass is 561 g/mol. The summed E-state index contributed by atoms with van der Waals surface area (Å²) in [6.45, 7) is 13.0. The van der Waals surface area contributed by atoms with Gasteiger partial charge >= 0.3 is 6.09 Å². The fourth-order valence-electron chi connectivity index (χ4n) is 4.73. The zero-order valence-corrected chi connectivity index (χ0v) is 25.1. The van der Waals surface area contributed by atoms with Gasteiger partial charge in [-0.05, 0) is 87.1 Å². The van der Waals surface area contributed by atoms with Crippen LogP contribution in [0.1, 0.15) is 72.9 Å². The lowest BCUT2D eigenvalue weighted by Gasteiger charge is -2.38. The van der Waals surface area contributed by atoms with E-state index in [-0.39, 0.29) is 17.7 Å². The topological polar surface area (TPSA) is 108 Å². The molecule has 41 heavy (non-hydrogen) atoms. The van der Waals surface area contributed by atoms with Crippen LogP contribution in [0.15, 0.2) is 66.7 Å². The maximum atomic E-state index is 14.3. The summed E-state index contributed by atoms with van der Waals surface area (Å²) in [4.78, 5) is 42.7. The van der Waals surface area contributed by atoms with Crippen LogP contribution in [-0.2, 0) is 14.3 Å². The Morgan fingerprint density at radius 1 is 0.927 bits per heavy atom. The van der Waals surface area contributed by atoms with Gasteiger partial charge in [-0.1, -0.05) is 63.2 Å². The first-order chi connectivity index (χ1) is 19.3. The number of benzene rings is 3. The number of aromatic hydroxyl groups is 1. The van der Waals surface area contributed by atoms with E-state index in [2.05, 4.69) is 10.6 Å². The average molecular weight is 562 g/mol. The first kappa shape index (κ1) is 31.5. The molecule has 8 nitrogen and oxygen atoms in total. The standard InChI is InChI=1S/C33H43N3O5/c1-8-22(4)36(31(39)28(18-21(2)3)35-32(40)41-33(5,6)7)29(25-14-11-15-27(37)20-25)30(38)34-26-17-16-23-12-9-10-13-24(23)19-26/h9-17,19-22,28-29,37H,8,18H2,1-7H3,(H,34,38)(H,35,40). The van der Waals surface area contributed by atoms with Gasteiger partial charge in [-0.2, -0.15) is 0 Å². The summed E-state index contributed by atoms with van der Waals surface area (Å²) < 4.78 is 5.46. The summed E-state index contributed by atoms with van der Waals surface area (Å²) in [5.41, 5.74) is 0.300. The summed E-state index contributed by atoms with van der Waals surface area (Å²) in [7, 11) is 0. The number of nitrogens with zero attached hydrogens (tertiary/aromatic N) is 1. The van der Waals surface area contributed by atoms with E-state index in [1.807, 2.05) is 70.2 Å². The van der Waals surface area contributed by atoms with E-state index in [4.69, 9.17) is 4.74 Å². The van der Waals surface area contributed by atoms with Crippen molar-refractivity contribution in [2.75, 3.05) is 5.32 Å². The Bertz CT molecular complexity index is 1360. The van der Waals surface area contributed by atoms with Gasteiger partial charge in [0.15, 0.2) is 0 Å². The van der Waals surface area contributed by atoms with Gasteiger partial charge in [-0.3, -0.25) is 9.59 Å². The lowest BCUT2D eigenvalue weighted by atomic mass is 9.97. The highest BCUT2D eigenvalue weighted by Crippen LogP contribution is 2.30. The van der Waals surface area contributed by atoms with Gasteiger partial charge in [0.1, 0.15) is 23.4 Å². The van der Waals surface area contributed by atoms with Crippen LogP contribution in [0.3, 0.4) is 0 Å². The summed E-state index contributed by atoms with van der Waals surface area (Å²) >= 11 is 0. The largest absolute Gasteiger partial charge is 0.508 e. The Morgan fingerprint density at radius 2 is 1.61 bits per heavy atom. The van der Waals surface area contributed by atoms with E-state index >= 15 is 0 Å². The van der Waals surface area contributed by atoms with Crippen molar-refractivity contribution in [3.8, 4) is 5.75 Å². The SMILES string of the molecule is CCC(C)N(C(=O)C(CC(C)C)NC(=O)OC(C)(C)C)C(C(=O)Nc1ccc2ccccc2c1)c1cccc(O)c1. The lowest BCUT2D eigenvalue weighted by Crippen LogP contribution is -2.55. The van der Waals surface area contributed by atoms with Gasteiger partial charge in [0, 0.05) is 11.7 Å². The number of carbonyl (C=O) groups excluding carboxylic acids is 3. The molecule has 0 saturated heterocycles. The van der Waals surface area contributed by atoms with Crippen LogP contribution in [0.4, 0.5) is 10.5 Å². The number of ether oxygens (including phenoxy) is 1. The van der Waals surface area contributed by atoms with Crippen LogP contribution in [0.5, 0.6) is 5.75 Å². The normalized spacial score (nSPS) is 13.8. The third kappa shape index (κ3) is 8.71. The second kappa shape index (κ2) is 13.5. The fourth-order valence-corrected chi connectivity index (χ4v) is 4.73. The van der Waals surface area contributed by atoms with Crippen LogP contribution >= 0.6 is 0 Å². The van der Waals surface area contributed by atoms with E-state index in [9.17, 15) is 19.5 Å². The number of phenols is 1. The molecule has 0 aliphatic carbocycles. The number of phenolic OH excluding ortho intramolecular Hbond substituents is 1. The molecule has 8 heteroatoms. The third-order valence-electron chi connectivity index (χ3n) is 6.75. The Labute approximate surface area is 243 Å². The summed E-state index contributed by atoms with van der Waals surface area (Å²) in [6.07, 6.45) is 0.213. The van der Waals surface area contributed by atoms with Crippen molar-refractivity contribution in [2.24, 2.45) is 5.92 Å². The van der Waals surface area contributed by atoms with Gasteiger partial charge in [0.25, 0.3) is 5.91 Å². The van der Waals surface area contributed by atoms with Crippen LogP contribution in [0.2, 0.25) is 0 Å². The van der Waals surface area contributed by atoms with E-state index in [1.54, 1.807) is 32.9 Å². The second-order valence-corrected chi connectivity index (χ2v) is 11.9. The lowest BCUT2D eigenvalue weighted by molar-refractivity contribution is -0.143. The van der Waals surface area contributed by atoms with E-state index in [0.717, 1.165) is 10.8 Å². The highest BCUT2D eigenvalue weighted by Gasteiger charge is 2.39. The van der Waals surface area contributed by atoms with Crippen molar-refractivity contribution in [1.29, 1.82) is 0 Å². The second-order valence-electron chi connectivity index (χ2n) is 11.9. The highest BCUT2D eigenvalue weighted by atomic mass is 16.6. The Balaban J connectivity index is 2.05. The van der Waals surface area contributed by atoms with Gasteiger partial charge in [-0.15, -0.1) is 0 Å². The van der Waals surface area contributed by atoms with Gasteiger partial charge in [-0.25, -0.2) is 4.79 Å². The molecule has 3 N–H and O–H groups in total. The molecule has 220 valence electrons. The first-order valence-electron chi connectivity index (χ1n) is 14.2. The molecule has 0 aromatic heterocycles. The molecule has 3 rings (SSSR count). The molecular formula is C33H43N3O5. The maximum Gasteiger partial charge on any atom is 0.408 e. The molecule has 0 fully saturated rings. The predicted octanol–water partition coefficient (Wildman–Crippen LogP) is 6.79. The molecule has 0 bridgehead atoms. The maximum absolute atomic E-state index is 14.3. The van der Waals surface area contributed by atoms with E-state index < -0.39 is 35.6 Å². The van der Waals surface area contributed by atoms with Crippen molar-refractivity contribution in [3.63, 3.8) is 0 Å². The number of alkyl carbamates (subject to hydrolysis) is 1. The van der Waals surface area contributed by atoms with Crippen LogP contribution in [-0.4, -0.2) is 45.6 Å². The zero-order chi connectivity index (χ0) is 30.3. The van der Waals surface area contributed by atoms with Crippen LogP contribution in [0, 0.1) is 5.92 Å². The van der Waals surface area contributed by atoms with Crippen molar-refractivity contribution in [1.82, 2.24) is 10.2 Å². The number of rotatable bonds is 10. The molecule has 0 saturated carbocycles. The molecule has 0 aliphatic heterocycles. The highest BCUT2D eigenvalue weighted by molar-refractivity contribution is 6.00. The fraction of sp³-hybridized carbons (Fsp3) is 0.424. The van der Waals surface area contributed by atoms with E-state index in [1.165, 1.54) is 17.0 Å². The van der Waals surface area contributed by atoms with Gasteiger partial charge < -0.3 is 25.4 Å². The number of nitrogens with one attached hydrogen (secondary N) is 2.